The minimum atomic E-state index is -1.10. The van der Waals surface area contributed by atoms with Crippen molar-refractivity contribution in [1.29, 1.82) is 0 Å². The van der Waals surface area contributed by atoms with E-state index in [-0.39, 0.29) is 24.4 Å². The maximum absolute atomic E-state index is 11.7. The third-order valence-corrected chi connectivity index (χ3v) is 3.06. The summed E-state index contributed by atoms with van der Waals surface area (Å²) in [5, 5.41) is 18.4. The maximum atomic E-state index is 11.7. The molecule has 1 atom stereocenters. The van der Waals surface area contributed by atoms with Crippen LogP contribution in [0.1, 0.15) is 22.3 Å². The minimum Gasteiger partial charge on any atom is -0.478 e. The van der Waals surface area contributed by atoms with E-state index in [9.17, 15) is 14.7 Å². The number of carboxylic acids is 1. The van der Waals surface area contributed by atoms with Crippen LogP contribution in [0.2, 0.25) is 0 Å². The Kier molecular flexibility index (Phi) is 2.96. The van der Waals surface area contributed by atoms with Crippen molar-refractivity contribution < 1.29 is 19.8 Å². The fourth-order valence-electron chi connectivity index (χ4n) is 2.05. The molecule has 1 aromatic carbocycles. The molecule has 1 aliphatic heterocycles. The standard InChI is InChI=1S/C12H14N2O4/c1-6-9(13)2-7(12(17)18)3-10(6)14-5-8(15)4-11(14)16/h2-3,8,15H,4-5,13H2,1H3,(H,17,18). The Hall–Kier alpha value is -2.08. The highest BCUT2D eigenvalue weighted by atomic mass is 16.4. The van der Waals surface area contributed by atoms with Crippen molar-refractivity contribution in [1.82, 2.24) is 0 Å². The number of hydrogen-bond acceptors (Lipinski definition) is 4. The third-order valence-electron chi connectivity index (χ3n) is 3.06. The van der Waals surface area contributed by atoms with Crippen molar-refractivity contribution in [3.05, 3.63) is 23.3 Å². The Labute approximate surface area is 104 Å². The van der Waals surface area contributed by atoms with Crippen molar-refractivity contribution in [2.45, 2.75) is 19.4 Å². The number of aromatic carboxylic acids is 1. The SMILES string of the molecule is Cc1c(N)cc(C(=O)O)cc1N1CC(O)CC1=O. The van der Waals surface area contributed by atoms with Crippen LogP contribution >= 0.6 is 0 Å². The number of amides is 1. The second-order valence-corrected chi connectivity index (χ2v) is 4.38. The van der Waals surface area contributed by atoms with E-state index in [4.69, 9.17) is 10.8 Å². The van der Waals surface area contributed by atoms with Crippen LogP contribution in [-0.4, -0.2) is 34.7 Å². The first kappa shape index (κ1) is 12.4. The van der Waals surface area contributed by atoms with Gasteiger partial charge in [-0.15, -0.1) is 0 Å². The van der Waals surface area contributed by atoms with Gasteiger partial charge in [-0.25, -0.2) is 4.79 Å². The Morgan fingerprint density at radius 2 is 2.17 bits per heavy atom. The molecule has 6 nitrogen and oxygen atoms in total. The topological polar surface area (TPSA) is 104 Å². The summed E-state index contributed by atoms with van der Waals surface area (Å²) < 4.78 is 0. The lowest BCUT2D eigenvalue weighted by Crippen LogP contribution is -2.26. The number of anilines is 2. The zero-order chi connectivity index (χ0) is 13.4. The van der Waals surface area contributed by atoms with Gasteiger partial charge in [0.25, 0.3) is 0 Å². The van der Waals surface area contributed by atoms with Crippen molar-refractivity contribution in [3.63, 3.8) is 0 Å². The van der Waals surface area contributed by atoms with Crippen LogP contribution in [0.4, 0.5) is 11.4 Å². The zero-order valence-electron chi connectivity index (χ0n) is 9.88. The maximum Gasteiger partial charge on any atom is 0.335 e. The number of aliphatic hydroxyl groups excluding tert-OH is 1. The number of hydrogen-bond donors (Lipinski definition) is 3. The number of nitrogens with zero attached hydrogens (tertiary/aromatic N) is 1. The lowest BCUT2D eigenvalue weighted by Gasteiger charge is -2.20. The molecule has 1 heterocycles. The van der Waals surface area contributed by atoms with Gasteiger partial charge in [0.15, 0.2) is 0 Å². The van der Waals surface area contributed by atoms with E-state index in [1.54, 1.807) is 6.92 Å². The molecule has 0 bridgehead atoms. The van der Waals surface area contributed by atoms with Gasteiger partial charge in [0.05, 0.1) is 24.6 Å². The number of rotatable bonds is 2. The molecule has 0 aliphatic carbocycles. The van der Waals surface area contributed by atoms with Crippen LogP contribution in [0.3, 0.4) is 0 Å². The van der Waals surface area contributed by atoms with Gasteiger partial charge in [0.1, 0.15) is 0 Å². The quantitative estimate of drug-likeness (QED) is 0.658. The molecule has 1 amide bonds. The number of carbonyl (C=O) groups is 2. The fraction of sp³-hybridized carbons (Fsp3) is 0.333. The van der Waals surface area contributed by atoms with Gasteiger partial charge in [0, 0.05) is 11.4 Å². The van der Waals surface area contributed by atoms with Crippen LogP contribution in [0, 0.1) is 6.92 Å². The Morgan fingerprint density at radius 3 is 2.67 bits per heavy atom. The van der Waals surface area contributed by atoms with Crippen LogP contribution in [0.25, 0.3) is 0 Å². The number of benzene rings is 1. The summed E-state index contributed by atoms with van der Waals surface area (Å²) in [6.45, 7) is 1.89. The summed E-state index contributed by atoms with van der Waals surface area (Å²) in [4.78, 5) is 24.1. The monoisotopic (exact) mass is 250 g/mol. The van der Waals surface area contributed by atoms with Crippen molar-refractivity contribution >= 4 is 23.3 Å². The van der Waals surface area contributed by atoms with Gasteiger partial charge in [-0.3, -0.25) is 4.79 Å². The van der Waals surface area contributed by atoms with Crippen LogP contribution in [0.5, 0.6) is 0 Å². The number of carbonyl (C=O) groups excluding carboxylic acids is 1. The van der Waals surface area contributed by atoms with Gasteiger partial charge >= 0.3 is 5.97 Å². The predicted molar refractivity (Wildman–Crippen MR) is 65.5 cm³/mol. The van der Waals surface area contributed by atoms with Crippen molar-refractivity contribution in [3.8, 4) is 0 Å². The number of β-amino-alcohol motifs (C(OH)–C–C–N with tert-alkyl or cyclic N) is 1. The Bertz CT molecular complexity index is 527. The number of aliphatic hydroxyl groups is 1. The predicted octanol–water partition coefficient (Wildman–Crippen LogP) is 0.373. The van der Waals surface area contributed by atoms with Crippen LogP contribution in [-0.2, 0) is 4.79 Å². The second-order valence-electron chi connectivity index (χ2n) is 4.38. The fourth-order valence-corrected chi connectivity index (χ4v) is 2.05. The highest BCUT2D eigenvalue weighted by molar-refractivity contribution is 5.99. The molecule has 1 saturated heterocycles. The number of nitrogens with two attached hydrogens (primary N) is 1. The van der Waals surface area contributed by atoms with E-state index in [1.807, 2.05) is 0 Å². The second kappa shape index (κ2) is 4.30. The molecular formula is C12H14N2O4. The van der Waals surface area contributed by atoms with Gasteiger partial charge in [-0.1, -0.05) is 0 Å². The molecular weight excluding hydrogens is 236 g/mol. The minimum absolute atomic E-state index is 0.0299. The van der Waals surface area contributed by atoms with Gasteiger partial charge in [-0.05, 0) is 24.6 Å². The van der Waals surface area contributed by atoms with Crippen molar-refractivity contribution in [2.24, 2.45) is 0 Å². The lowest BCUT2D eigenvalue weighted by atomic mass is 10.1. The summed E-state index contributed by atoms with van der Waals surface area (Å²) in [6, 6.07) is 2.77. The highest BCUT2D eigenvalue weighted by Crippen LogP contribution is 2.30. The normalized spacial score (nSPS) is 19.3. The molecule has 18 heavy (non-hydrogen) atoms. The largest absolute Gasteiger partial charge is 0.478 e. The van der Waals surface area contributed by atoms with Gasteiger partial charge in [-0.2, -0.15) is 0 Å². The molecule has 1 aliphatic rings. The Morgan fingerprint density at radius 1 is 1.50 bits per heavy atom. The molecule has 96 valence electrons. The summed E-state index contributed by atoms with van der Waals surface area (Å²) >= 11 is 0. The van der Waals surface area contributed by atoms with E-state index in [0.717, 1.165) is 0 Å². The number of nitrogen functional groups attached to an aromatic ring is 1. The molecule has 0 aromatic heterocycles. The summed E-state index contributed by atoms with van der Waals surface area (Å²) in [6.07, 6.45) is -0.664. The van der Waals surface area contributed by atoms with Crippen LogP contribution < -0.4 is 10.6 Å². The molecule has 1 aromatic rings. The van der Waals surface area contributed by atoms with E-state index in [2.05, 4.69) is 0 Å². The van der Waals surface area contributed by atoms with E-state index in [0.29, 0.717) is 16.9 Å². The molecule has 6 heteroatoms. The first-order chi connectivity index (χ1) is 8.40. The number of carboxylic acid groups (broad SMARTS) is 1. The molecule has 1 fully saturated rings. The average molecular weight is 250 g/mol. The van der Waals surface area contributed by atoms with Gasteiger partial charge < -0.3 is 20.8 Å². The molecule has 2 rings (SSSR count). The van der Waals surface area contributed by atoms with Crippen molar-refractivity contribution in [2.75, 3.05) is 17.2 Å². The molecule has 0 radical (unpaired) electrons. The summed E-state index contributed by atoms with van der Waals surface area (Å²) in [5.74, 6) is -1.33. The van der Waals surface area contributed by atoms with E-state index >= 15 is 0 Å². The first-order valence-corrected chi connectivity index (χ1v) is 5.52. The lowest BCUT2D eigenvalue weighted by molar-refractivity contribution is -0.117. The summed E-state index contributed by atoms with van der Waals surface area (Å²) in [7, 11) is 0. The van der Waals surface area contributed by atoms with E-state index in [1.165, 1.54) is 17.0 Å². The highest BCUT2D eigenvalue weighted by Gasteiger charge is 2.30. The van der Waals surface area contributed by atoms with Crippen LogP contribution in [0.15, 0.2) is 12.1 Å². The summed E-state index contributed by atoms with van der Waals surface area (Å²) in [5.41, 5.74) is 7.19. The zero-order valence-corrected chi connectivity index (χ0v) is 9.88. The molecule has 0 saturated carbocycles. The molecule has 0 spiro atoms. The van der Waals surface area contributed by atoms with Gasteiger partial charge in [0.2, 0.25) is 5.91 Å². The smallest absolute Gasteiger partial charge is 0.335 e. The Balaban J connectivity index is 2.50. The first-order valence-electron chi connectivity index (χ1n) is 5.52. The molecule has 4 N–H and O–H groups in total. The average Bonchev–Trinajstić information content (AvgIpc) is 2.61. The molecule has 1 unspecified atom stereocenters. The third kappa shape index (κ3) is 2.02. The van der Waals surface area contributed by atoms with E-state index < -0.39 is 12.1 Å².